The standard InChI is InChI=1S/2C23H20Cl2F3NO3/c2*1-11-5-13(23(26,27)28)8-19-16(11)9-14(29(19)2)10-17-18(24)3-4-20(21(17)25)32-15-6-12(7-15)22(30)31/h2*3-5,8-9,12,15H,6-7,10H2,1-2H3,(H,30,31). The number of aromatic nitrogens is 2. The smallest absolute Gasteiger partial charge is 0.416 e. The van der Waals surface area contributed by atoms with Crippen LogP contribution in [0.2, 0.25) is 20.1 Å². The van der Waals surface area contributed by atoms with Gasteiger partial charge in [0.1, 0.15) is 23.7 Å². The number of carboxylic acids is 2. The van der Waals surface area contributed by atoms with Crippen LogP contribution >= 0.6 is 46.4 Å². The molecule has 8 rings (SSSR count). The maximum absolute atomic E-state index is 13.2. The Morgan fingerprint density at radius 3 is 1.27 bits per heavy atom. The van der Waals surface area contributed by atoms with Crippen molar-refractivity contribution in [3.63, 3.8) is 0 Å². The van der Waals surface area contributed by atoms with Crippen molar-refractivity contribution >= 4 is 80.1 Å². The van der Waals surface area contributed by atoms with E-state index in [4.69, 9.17) is 66.1 Å². The Morgan fingerprint density at radius 1 is 0.609 bits per heavy atom. The Kier molecular flexibility index (Phi) is 13.2. The third-order valence-corrected chi connectivity index (χ3v) is 13.6. The van der Waals surface area contributed by atoms with Gasteiger partial charge in [-0.05, 0) is 122 Å². The van der Waals surface area contributed by atoms with Crippen LogP contribution in [-0.4, -0.2) is 43.5 Å². The monoisotopic (exact) mass is 970 g/mol. The predicted molar refractivity (Wildman–Crippen MR) is 233 cm³/mol. The minimum absolute atomic E-state index is 0.233. The molecule has 0 spiro atoms. The van der Waals surface area contributed by atoms with Gasteiger partial charge in [0.2, 0.25) is 0 Å². The number of aryl methyl sites for hydroxylation is 4. The first-order valence-corrected chi connectivity index (χ1v) is 21.5. The summed E-state index contributed by atoms with van der Waals surface area (Å²) in [6, 6.07) is 14.8. The van der Waals surface area contributed by atoms with Gasteiger partial charge in [0.15, 0.2) is 0 Å². The molecule has 2 saturated carbocycles. The summed E-state index contributed by atoms with van der Waals surface area (Å²) in [6.45, 7) is 3.30. The summed E-state index contributed by atoms with van der Waals surface area (Å²) >= 11 is 25.9. The lowest BCUT2D eigenvalue weighted by Crippen LogP contribution is -2.38. The van der Waals surface area contributed by atoms with Crippen molar-refractivity contribution in [1.29, 1.82) is 0 Å². The highest BCUT2D eigenvalue weighted by Gasteiger charge is 2.38. The summed E-state index contributed by atoms with van der Waals surface area (Å²) in [5, 5.41) is 20.9. The lowest BCUT2D eigenvalue weighted by atomic mass is 9.82. The Balaban J connectivity index is 0.000000191. The molecule has 2 heterocycles. The van der Waals surface area contributed by atoms with E-state index in [-0.39, 0.29) is 12.2 Å². The van der Waals surface area contributed by atoms with Crippen molar-refractivity contribution in [2.24, 2.45) is 25.9 Å². The van der Waals surface area contributed by atoms with Gasteiger partial charge in [-0.25, -0.2) is 0 Å². The number of nitrogens with zero attached hydrogens (tertiary/aromatic N) is 2. The fraction of sp³-hybridized carbons (Fsp3) is 0.348. The van der Waals surface area contributed by atoms with Crippen LogP contribution in [0.1, 0.15) is 70.5 Å². The van der Waals surface area contributed by atoms with E-state index in [1.807, 2.05) is 12.1 Å². The second-order valence-corrected chi connectivity index (χ2v) is 17.9. The van der Waals surface area contributed by atoms with Crippen LogP contribution in [0.3, 0.4) is 0 Å². The zero-order chi connectivity index (χ0) is 46.7. The van der Waals surface area contributed by atoms with Crippen LogP contribution in [0.4, 0.5) is 26.3 Å². The molecule has 18 heteroatoms. The summed E-state index contributed by atoms with van der Waals surface area (Å²) in [6.07, 6.45) is -7.09. The number of hydrogen-bond acceptors (Lipinski definition) is 4. The number of halogens is 10. The molecule has 0 radical (unpaired) electrons. The number of ether oxygens (including phenoxy) is 2. The van der Waals surface area contributed by atoms with Gasteiger partial charge >= 0.3 is 24.3 Å². The molecule has 340 valence electrons. The van der Waals surface area contributed by atoms with E-state index in [0.29, 0.717) is 103 Å². The molecule has 0 saturated heterocycles. The highest BCUT2D eigenvalue weighted by atomic mass is 35.5. The molecule has 0 unspecified atom stereocenters. The van der Waals surface area contributed by atoms with Gasteiger partial charge in [0, 0.05) is 70.2 Å². The van der Waals surface area contributed by atoms with E-state index in [2.05, 4.69) is 0 Å². The second-order valence-electron chi connectivity index (χ2n) is 16.4. The van der Waals surface area contributed by atoms with Crippen LogP contribution in [-0.2, 0) is 48.9 Å². The summed E-state index contributed by atoms with van der Waals surface area (Å²) < 4.78 is 94.6. The normalized spacial score (nSPS) is 18.6. The Labute approximate surface area is 383 Å². The van der Waals surface area contributed by atoms with Crippen LogP contribution in [0.15, 0.2) is 60.7 Å². The zero-order valence-electron chi connectivity index (χ0n) is 34.5. The lowest BCUT2D eigenvalue weighted by molar-refractivity contribution is -0.148. The number of carbonyl (C=O) groups is 2. The SMILES string of the molecule is Cc1cc(C(F)(F)F)cc2c1cc(Cc1c(Cl)ccc(OC3CC(C(=O)O)C3)c1Cl)n2C.Cc1cc(C(F)(F)F)cc2c1cc(Cc1c(Cl)ccc(OC3CC(C(=O)O)C3)c1Cl)n2C. The van der Waals surface area contributed by atoms with Crippen molar-refractivity contribution in [2.45, 2.75) is 76.9 Å². The Bertz CT molecular complexity index is 2620. The maximum atomic E-state index is 13.2. The highest BCUT2D eigenvalue weighted by Crippen LogP contribution is 2.42. The third kappa shape index (κ3) is 9.61. The van der Waals surface area contributed by atoms with Crippen molar-refractivity contribution < 1.29 is 55.6 Å². The van der Waals surface area contributed by atoms with Crippen LogP contribution in [0.25, 0.3) is 21.8 Å². The maximum Gasteiger partial charge on any atom is 0.416 e. The zero-order valence-corrected chi connectivity index (χ0v) is 37.6. The fourth-order valence-corrected chi connectivity index (χ4v) is 9.20. The number of rotatable bonds is 10. The predicted octanol–water partition coefficient (Wildman–Crippen LogP) is 13.3. The van der Waals surface area contributed by atoms with Crippen LogP contribution in [0.5, 0.6) is 11.5 Å². The number of aliphatic carboxylic acids is 2. The van der Waals surface area contributed by atoms with E-state index in [1.54, 1.807) is 61.3 Å². The second kappa shape index (κ2) is 17.9. The van der Waals surface area contributed by atoms with E-state index in [0.717, 1.165) is 46.4 Å². The van der Waals surface area contributed by atoms with E-state index < -0.39 is 47.3 Å². The summed E-state index contributed by atoms with van der Waals surface area (Å²) in [5.74, 6) is -1.68. The summed E-state index contributed by atoms with van der Waals surface area (Å²) in [5.41, 5.74) is 3.31. The molecule has 0 aliphatic heterocycles. The fourth-order valence-electron chi connectivity index (χ4n) is 8.10. The van der Waals surface area contributed by atoms with Gasteiger partial charge in [-0.15, -0.1) is 0 Å². The lowest BCUT2D eigenvalue weighted by Gasteiger charge is -2.33. The number of hydrogen-bond donors (Lipinski definition) is 2. The minimum atomic E-state index is -4.43. The molecule has 6 aromatic rings. The molecular formula is C46H40Cl4F6N2O6. The van der Waals surface area contributed by atoms with Gasteiger partial charge < -0.3 is 28.8 Å². The number of benzene rings is 4. The van der Waals surface area contributed by atoms with Crippen molar-refractivity contribution in [3.8, 4) is 11.5 Å². The number of fused-ring (bicyclic) bond motifs is 2. The topological polar surface area (TPSA) is 103 Å². The van der Waals surface area contributed by atoms with Gasteiger partial charge in [0.25, 0.3) is 0 Å². The van der Waals surface area contributed by atoms with Gasteiger partial charge in [-0.1, -0.05) is 46.4 Å². The first kappa shape index (κ1) is 47.2. The van der Waals surface area contributed by atoms with E-state index in [9.17, 15) is 35.9 Å². The quantitative estimate of drug-likeness (QED) is 0.133. The average Bonchev–Trinajstić information content (AvgIpc) is 3.67. The van der Waals surface area contributed by atoms with Crippen molar-refractivity contribution in [2.75, 3.05) is 0 Å². The molecule has 2 aliphatic rings. The Morgan fingerprint density at radius 2 is 0.953 bits per heavy atom. The molecule has 0 amide bonds. The molecule has 0 bridgehead atoms. The van der Waals surface area contributed by atoms with Crippen LogP contribution in [0, 0.1) is 25.7 Å². The molecule has 2 aromatic heterocycles. The molecule has 4 aromatic carbocycles. The number of alkyl halides is 6. The molecule has 64 heavy (non-hydrogen) atoms. The Hall–Kier alpha value is -4.76. The molecule has 2 fully saturated rings. The third-order valence-electron chi connectivity index (χ3n) is 12.1. The molecule has 8 nitrogen and oxygen atoms in total. The first-order chi connectivity index (χ1) is 29.9. The molecule has 2 N–H and O–H groups in total. The summed E-state index contributed by atoms with van der Waals surface area (Å²) in [7, 11) is 3.42. The molecule has 0 atom stereocenters. The van der Waals surface area contributed by atoms with Crippen molar-refractivity contribution in [1.82, 2.24) is 9.13 Å². The summed E-state index contributed by atoms with van der Waals surface area (Å²) in [4.78, 5) is 22.0. The van der Waals surface area contributed by atoms with Gasteiger partial charge in [-0.3, -0.25) is 9.59 Å². The van der Waals surface area contributed by atoms with Crippen molar-refractivity contribution in [3.05, 3.63) is 126 Å². The van der Waals surface area contributed by atoms with E-state index >= 15 is 0 Å². The largest absolute Gasteiger partial charge is 0.489 e. The van der Waals surface area contributed by atoms with Gasteiger partial charge in [0.05, 0.1) is 33.0 Å². The minimum Gasteiger partial charge on any atom is -0.489 e. The van der Waals surface area contributed by atoms with Gasteiger partial charge in [-0.2, -0.15) is 26.3 Å². The highest BCUT2D eigenvalue weighted by molar-refractivity contribution is 6.37. The molecule has 2 aliphatic carbocycles. The van der Waals surface area contributed by atoms with Crippen LogP contribution < -0.4 is 9.47 Å². The molecular weight excluding hydrogens is 932 g/mol. The average molecular weight is 973 g/mol. The number of carboxylic acid groups (broad SMARTS) is 2. The first-order valence-electron chi connectivity index (χ1n) is 20.0. The van der Waals surface area contributed by atoms with E-state index in [1.165, 1.54) is 0 Å².